The van der Waals surface area contributed by atoms with Crippen molar-refractivity contribution in [3.05, 3.63) is 48.5 Å². The average molecular weight is 245 g/mol. The number of aromatic nitrogens is 2. The Kier molecular flexibility index (Phi) is 4.93. The van der Waals surface area contributed by atoms with Crippen LogP contribution in [0.15, 0.2) is 43.0 Å². The zero-order valence-electron chi connectivity index (χ0n) is 10.7. The van der Waals surface area contributed by atoms with E-state index in [9.17, 15) is 0 Å². The van der Waals surface area contributed by atoms with Crippen LogP contribution in [0.2, 0.25) is 0 Å². The predicted molar refractivity (Wildman–Crippen MR) is 71.8 cm³/mol. The van der Waals surface area contributed by atoms with Crippen LogP contribution < -0.4 is 5.32 Å². The Morgan fingerprint density at radius 3 is 2.78 bits per heavy atom. The standard InChI is InChI=1S/C14H19N3O/c1-2-18-10-8-15-11-13-3-5-14(6-4-13)17-9-7-16-12-17/h3-7,9,12,15H,2,8,10-11H2,1H3. The maximum Gasteiger partial charge on any atom is 0.0991 e. The summed E-state index contributed by atoms with van der Waals surface area (Å²) in [6.45, 7) is 5.31. The Balaban J connectivity index is 1.81. The van der Waals surface area contributed by atoms with Crippen molar-refractivity contribution >= 4 is 0 Å². The van der Waals surface area contributed by atoms with Crippen LogP contribution in [0.5, 0.6) is 0 Å². The summed E-state index contributed by atoms with van der Waals surface area (Å²) in [7, 11) is 0. The third-order valence-electron chi connectivity index (χ3n) is 2.70. The molecule has 0 bridgehead atoms. The molecule has 2 rings (SSSR count). The van der Waals surface area contributed by atoms with Crippen LogP contribution in [0.25, 0.3) is 5.69 Å². The summed E-state index contributed by atoms with van der Waals surface area (Å²) in [5.74, 6) is 0. The molecule has 2 aromatic rings. The SMILES string of the molecule is CCOCCNCc1ccc(-n2ccnc2)cc1. The molecule has 0 saturated carbocycles. The van der Waals surface area contributed by atoms with Crippen LogP contribution in [0, 0.1) is 0 Å². The molecule has 4 heteroatoms. The van der Waals surface area contributed by atoms with Crippen LogP contribution in [-0.2, 0) is 11.3 Å². The summed E-state index contributed by atoms with van der Waals surface area (Å²) < 4.78 is 7.26. The molecule has 1 aromatic heterocycles. The van der Waals surface area contributed by atoms with Gasteiger partial charge in [0.1, 0.15) is 0 Å². The average Bonchev–Trinajstić information content (AvgIpc) is 2.93. The largest absolute Gasteiger partial charge is 0.380 e. The number of ether oxygens (including phenoxy) is 1. The first-order chi connectivity index (χ1) is 8.90. The van der Waals surface area contributed by atoms with E-state index in [0.29, 0.717) is 0 Å². The van der Waals surface area contributed by atoms with Gasteiger partial charge in [0.15, 0.2) is 0 Å². The van der Waals surface area contributed by atoms with Gasteiger partial charge in [0, 0.05) is 37.8 Å². The zero-order chi connectivity index (χ0) is 12.6. The molecule has 1 heterocycles. The third kappa shape index (κ3) is 3.68. The first-order valence-electron chi connectivity index (χ1n) is 6.26. The number of imidazole rings is 1. The summed E-state index contributed by atoms with van der Waals surface area (Å²) >= 11 is 0. The highest BCUT2D eigenvalue weighted by Crippen LogP contribution is 2.08. The Hall–Kier alpha value is -1.65. The van der Waals surface area contributed by atoms with E-state index in [-0.39, 0.29) is 0 Å². The Morgan fingerprint density at radius 1 is 1.28 bits per heavy atom. The van der Waals surface area contributed by atoms with E-state index >= 15 is 0 Å². The van der Waals surface area contributed by atoms with Gasteiger partial charge in [-0.3, -0.25) is 0 Å². The Morgan fingerprint density at radius 2 is 2.11 bits per heavy atom. The molecule has 0 amide bonds. The minimum Gasteiger partial charge on any atom is -0.380 e. The highest BCUT2D eigenvalue weighted by Gasteiger charge is 1.96. The first-order valence-corrected chi connectivity index (χ1v) is 6.26. The molecule has 1 aromatic carbocycles. The number of hydrogen-bond acceptors (Lipinski definition) is 3. The highest BCUT2D eigenvalue weighted by molar-refractivity contribution is 5.34. The van der Waals surface area contributed by atoms with E-state index in [1.807, 2.05) is 17.7 Å². The molecule has 0 unspecified atom stereocenters. The number of rotatable bonds is 7. The van der Waals surface area contributed by atoms with Gasteiger partial charge >= 0.3 is 0 Å². The van der Waals surface area contributed by atoms with Gasteiger partial charge in [-0.2, -0.15) is 0 Å². The fourth-order valence-electron chi connectivity index (χ4n) is 1.72. The van der Waals surface area contributed by atoms with Crippen molar-refractivity contribution in [1.82, 2.24) is 14.9 Å². The fraction of sp³-hybridized carbons (Fsp3) is 0.357. The Bertz CT molecular complexity index is 437. The third-order valence-corrected chi connectivity index (χ3v) is 2.70. The lowest BCUT2D eigenvalue weighted by molar-refractivity contribution is 0.149. The van der Waals surface area contributed by atoms with Crippen LogP contribution >= 0.6 is 0 Å². The van der Waals surface area contributed by atoms with Crippen molar-refractivity contribution in [3.8, 4) is 5.69 Å². The van der Waals surface area contributed by atoms with Crippen LogP contribution in [0.1, 0.15) is 12.5 Å². The lowest BCUT2D eigenvalue weighted by Gasteiger charge is -2.06. The molecule has 0 saturated heterocycles. The summed E-state index contributed by atoms with van der Waals surface area (Å²) in [6, 6.07) is 8.45. The molecule has 18 heavy (non-hydrogen) atoms. The molecule has 0 fully saturated rings. The second-order valence-electron chi connectivity index (χ2n) is 4.01. The number of hydrogen-bond donors (Lipinski definition) is 1. The molecule has 0 spiro atoms. The maximum atomic E-state index is 5.27. The molecule has 4 nitrogen and oxygen atoms in total. The van der Waals surface area contributed by atoms with E-state index in [0.717, 1.165) is 32.0 Å². The second kappa shape index (κ2) is 6.93. The van der Waals surface area contributed by atoms with Crippen LogP contribution in [0.4, 0.5) is 0 Å². The van der Waals surface area contributed by atoms with Crippen molar-refractivity contribution in [2.75, 3.05) is 19.8 Å². The van der Waals surface area contributed by atoms with Gasteiger partial charge < -0.3 is 14.6 Å². The van der Waals surface area contributed by atoms with E-state index in [1.165, 1.54) is 5.56 Å². The number of benzene rings is 1. The molecule has 0 aliphatic rings. The van der Waals surface area contributed by atoms with Crippen LogP contribution in [-0.4, -0.2) is 29.3 Å². The van der Waals surface area contributed by atoms with Crippen molar-refractivity contribution in [1.29, 1.82) is 0 Å². The molecular formula is C14H19N3O. The van der Waals surface area contributed by atoms with E-state index in [2.05, 4.69) is 34.6 Å². The summed E-state index contributed by atoms with van der Waals surface area (Å²) in [5, 5.41) is 3.35. The minimum atomic E-state index is 0.767. The van der Waals surface area contributed by atoms with Crippen molar-refractivity contribution < 1.29 is 4.74 Å². The summed E-state index contributed by atoms with van der Waals surface area (Å²) in [4.78, 5) is 4.04. The first kappa shape index (κ1) is 12.8. The van der Waals surface area contributed by atoms with Gasteiger partial charge in [-0.15, -0.1) is 0 Å². The molecule has 0 radical (unpaired) electrons. The summed E-state index contributed by atoms with van der Waals surface area (Å²) in [6.07, 6.45) is 5.52. The smallest absolute Gasteiger partial charge is 0.0991 e. The molecule has 0 atom stereocenters. The second-order valence-corrected chi connectivity index (χ2v) is 4.01. The van der Waals surface area contributed by atoms with E-state index in [1.54, 1.807) is 12.5 Å². The molecule has 1 N–H and O–H groups in total. The molecule has 0 aliphatic carbocycles. The number of nitrogens with zero attached hydrogens (tertiary/aromatic N) is 2. The van der Waals surface area contributed by atoms with Crippen molar-refractivity contribution in [2.24, 2.45) is 0 Å². The van der Waals surface area contributed by atoms with Crippen LogP contribution in [0.3, 0.4) is 0 Å². The normalized spacial score (nSPS) is 10.7. The zero-order valence-corrected chi connectivity index (χ0v) is 10.7. The number of nitrogens with one attached hydrogen (secondary N) is 1. The van der Waals surface area contributed by atoms with Gasteiger partial charge in [-0.1, -0.05) is 12.1 Å². The monoisotopic (exact) mass is 245 g/mol. The van der Waals surface area contributed by atoms with Gasteiger partial charge in [0.25, 0.3) is 0 Å². The minimum absolute atomic E-state index is 0.767. The fourth-order valence-corrected chi connectivity index (χ4v) is 1.72. The van der Waals surface area contributed by atoms with E-state index < -0.39 is 0 Å². The van der Waals surface area contributed by atoms with Gasteiger partial charge in [0.2, 0.25) is 0 Å². The Labute approximate surface area is 108 Å². The topological polar surface area (TPSA) is 39.1 Å². The highest BCUT2D eigenvalue weighted by atomic mass is 16.5. The maximum absolute atomic E-state index is 5.27. The molecule has 96 valence electrons. The lowest BCUT2D eigenvalue weighted by Crippen LogP contribution is -2.19. The van der Waals surface area contributed by atoms with Gasteiger partial charge in [0.05, 0.1) is 12.9 Å². The molecule has 0 aliphatic heterocycles. The summed E-state index contributed by atoms with van der Waals surface area (Å²) in [5.41, 5.74) is 2.40. The van der Waals surface area contributed by atoms with Gasteiger partial charge in [-0.05, 0) is 24.6 Å². The quantitative estimate of drug-likeness (QED) is 0.758. The van der Waals surface area contributed by atoms with E-state index in [4.69, 9.17) is 4.74 Å². The van der Waals surface area contributed by atoms with Crippen molar-refractivity contribution in [2.45, 2.75) is 13.5 Å². The van der Waals surface area contributed by atoms with Gasteiger partial charge in [-0.25, -0.2) is 4.98 Å². The van der Waals surface area contributed by atoms with Crippen molar-refractivity contribution in [3.63, 3.8) is 0 Å². The molecular weight excluding hydrogens is 226 g/mol. The predicted octanol–water partition coefficient (Wildman–Crippen LogP) is 2.00. The lowest BCUT2D eigenvalue weighted by atomic mass is 10.2.